The van der Waals surface area contributed by atoms with Crippen LogP contribution < -0.4 is 0 Å². The van der Waals surface area contributed by atoms with Crippen LogP contribution in [0.1, 0.15) is 239 Å². The predicted octanol–water partition coefficient (Wildman–Crippen LogP) is 17.2. The summed E-state index contributed by atoms with van der Waals surface area (Å²) in [7, 11) is 0. The van der Waals surface area contributed by atoms with Crippen LogP contribution in [-0.2, 0) is 28.6 Å². The number of hydrogen-bond donors (Lipinski definition) is 0. The molecule has 0 aliphatic heterocycles. The molecule has 6 nitrogen and oxygen atoms in total. The molecule has 360 valence electrons. The Morgan fingerprint density at radius 3 is 0.968 bits per heavy atom. The van der Waals surface area contributed by atoms with Crippen molar-refractivity contribution in [2.24, 2.45) is 0 Å². The Kier molecular flexibility index (Phi) is 48.5. The minimum Gasteiger partial charge on any atom is -0.462 e. The van der Waals surface area contributed by atoms with Crippen molar-refractivity contribution in [3.8, 4) is 0 Å². The zero-order chi connectivity index (χ0) is 45.8. The minimum atomic E-state index is -0.807. The van der Waals surface area contributed by atoms with Gasteiger partial charge in [0.1, 0.15) is 13.2 Å². The van der Waals surface area contributed by atoms with Gasteiger partial charge in [-0.3, -0.25) is 14.4 Å². The topological polar surface area (TPSA) is 78.9 Å². The Morgan fingerprint density at radius 2 is 0.571 bits per heavy atom. The van der Waals surface area contributed by atoms with Gasteiger partial charge in [-0.05, 0) is 122 Å². The quantitative estimate of drug-likeness (QED) is 0.0262. The average molecular weight is 877 g/mol. The van der Waals surface area contributed by atoms with Crippen LogP contribution in [0.5, 0.6) is 0 Å². The summed E-state index contributed by atoms with van der Waals surface area (Å²) in [5, 5.41) is 0. The van der Waals surface area contributed by atoms with Crippen LogP contribution in [0, 0.1) is 0 Å². The average Bonchev–Trinajstić information content (AvgIpc) is 3.28. The molecule has 0 aromatic heterocycles. The molecule has 0 unspecified atom stereocenters. The predicted molar refractivity (Wildman–Crippen MR) is 270 cm³/mol. The molecule has 0 radical (unpaired) electrons. The smallest absolute Gasteiger partial charge is 0.306 e. The number of carbonyl (C=O) groups is 3. The Labute approximate surface area is 388 Å². The van der Waals surface area contributed by atoms with Gasteiger partial charge in [0, 0.05) is 19.3 Å². The van der Waals surface area contributed by atoms with Crippen molar-refractivity contribution in [3.63, 3.8) is 0 Å². The van der Waals surface area contributed by atoms with Crippen molar-refractivity contribution in [1.29, 1.82) is 0 Å². The zero-order valence-electron chi connectivity index (χ0n) is 41.1. The van der Waals surface area contributed by atoms with E-state index in [1.54, 1.807) is 0 Å². The van der Waals surface area contributed by atoms with E-state index in [4.69, 9.17) is 14.2 Å². The van der Waals surface area contributed by atoms with Gasteiger partial charge in [0.05, 0.1) is 0 Å². The highest BCUT2D eigenvalue weighted by molar-refractivity contribution is 5.71. The van der Waals surface area contributed by atoms with Gasteiger partial charge in [0.2, 0.25) is 0 Å². The van der Waals surface area contributed by atoms with Gasteiger partial charge in [-0.1, -0.05) is 183 Å². The lowest BCUT2D eigenvalue weighted by Gasteiger charge is -2.18. The summed E-state index contributed by atoms with van der Waals surface area (Å²) in [5.74, 6) is -0.974. The molecular formula is C57H96O6. The first-order chi connectivity index (χ1) is 31.0. The largest absolute Gasteiger partial charge is 0.462 e. The standard InChI is InChI=1S/C57H96O6/c1-4-7-10-13-16-19-22-25-27-28-30-33-36-39-42-45-48-51-57(60)63-54(52-61-55(58)49-46-43-40-37-34-31-24-21-18-15-12-9-6-3)53-62-56(59)50-47-44-41-38-35-32-29-26-23-20-17-14-11-8-5-2/h16-17,19-21,24-27,29-30,33,35,38,54H,4-15,18,22-23,28,31-32,34,36-37,39-53H2,1-3H3/b19-16-,20-17-,24-21-,27-25-,29-26-,33-30-,38-35-/t54-/m0/s1. The molecule has 0 bridgehead atoms. The number of esters is 3. The molecule has 0 aromatic carbocycles. The first-order valence-corrected chi connectivity index (χ1v) is 26.1. The highest BCUT2D eigenvalue weighted by Crippen LogP contribution is 2.12. The SMILES string of the molecule is CCCCC/C=C\C/C=C\C/C=C\CCCCCCC(=O)O[C@H](COC(=O)CCCC/C=C\C/C=C\C/C=C\CCCCC)COC(=O)CCCCCCC/C=C\CCCCCC. The van der Waals surface area contributed by atoms with Crippen molar-refractivity contribution in [2.75, 3.05) is 13.2 Å². The first kappa shape index (κ1) is 59.6. The van der Waals surface area contributed by atoms with E-state index in [0.29, 0.717) is 19.3 Å². The molecule has 0 aliphatic carbocycles. The third-order valence-corrected chi connectivity index (χ3v) is 10.8. The molecule has 0 spiro atoms. The summed E-state index contributed by atoms with van der Waals surface area (Å²) in [6, 6.07) is 0. The van der Waals surface area contributed by atoms with Gasteiger partial charge in [0.25, 0.3) is 0 Å². The Bertz CT molecular complexity index is 1240. The molecule has 1 atom stereocenters. The van der Waals surface area contributed by atoms with Crippen molar-refractivity contribution < 1.29 is 28.6 Å². The van der Waals surface area contributed by atoms with Gasteiger partial charge < -0.3 is 14.2 Å². The van der Waals surface area contributed by atoms with E-state index >= 15 is 0 Å². The van der Waals surface area contributed by atoms with Crippen LogP contribution in [0.2, 0.25) is 0 Å². The third kappa shape index (κ3) is 49.5. The van der Waals surface area contributed by atoms with Gasteiger partial charge >= 0.3 is 17.9 Å². The van der Waals surface area contributed by atoms with Crippen LogP contribution >= 0.6 is 0 Å². The van der Waals surface area contributed by atoms with E-state index in [1.165, 1.54) is 89.9 Å². The van der Waals surface area contributed by atoms with Crippen LogP contribution in [0.3, 0.4) is 0 Å². The Balaban J connectivity index is 4.51. The molecule has 0 saturated heterocycles. The minimum absolute atomic E-state index is 0.103. The number of unbranched alkanes of at least 4 members (excludes halogenated alkanes) is 21. The fourth-order valence-electron chi connectivity index (χ4n) is 6.86. The van der Waals surface area contributed by atoms with Gasteiger partial charge in [-0.2, -0.15) is 0 Å². The monoisotopic (exact) mass is 877 g/mol. The number of carbonyl (C=O) groups excluding carboxylic acids is 3. The lowest BCUT2D eigenvalue weighted by molar-refractivity contribution is -0.167. The maximum Gasteiger partial charge on any atom is 0.306 e. The van der Waals surface area contributed by atoms with Gasteiger partial charge in [0.15, 0.2) is 6.10 Å². The van der Waals surface area contributed by atoms with E-state index in [1.807, 2.05) is 0 Å². The zero-order valence-corrected chi connectivity index (χ0v) is 41.1. The third-order valence-electron chi connectivity index (χ3n) is 10.8. The number of ether oxygens (including phenoxy) is 3. The molecule has 0 aromatic rings. The molecule has 0 N–H and O–H groups in total. The molecular weight excluding hydrogens is 781 g/mol. The normalized spacial score (nSPS) is 12.7. The van der Waals surface area contributed by atoms with Crippen LogP contribution in [0.4, 0.5) is 0 Å². The highest BCUT2D eigenvalue weighted by atomic mass is 16.6. The number of hydrogen-bond acceptors (Lipinski definition) is 6. The maximum absolute atomic E-state index is 12.8. The molecule has 0 rings (SSSR count). The highest BCUT2D eigenvalue weighted by Gasteiger charge is 2.19. The maximum atomic E-state index is 12.8. The summed E-state index contributed by atoms with van der Waals surface area (Å²) in [5.41, 5.74) is 0. The van der Waals surface area contributed by atoms with Crippen molar-refractivity contribution in [3.05, 3.63) is 85.1 Å². The lowest BCUT2D eigenvalue weighted by atomic mass is 10.1. The number of allylic oxidation sites excluding steroid dienone is 14. The van der Waals surface area contributed by atoms with Crippen molar-refractivity contribution in [1.82, 2.24) is 0 Å². The molecule has 63 heavy (non-hydrogen) atoms. The fourth-order valence-corrected chi connectivity index (χ4v) is 6.86. The summed E-state index contributed by atoms with van der Waals surface area (Å²) in [6.07, 6.45) is 65.6. The number of rotatable bonds is 46. The fraction of sp³-hybridized carbons (Fsp3) is 0.702. The summed E-state index contributed by atoms with van der Waals surface area (Å²) >= 11 is 0. The van der Waals surface area contributed by atoms with Crippen LogP contribution in [-0.4, -0.2) is 37.2 Å². The van der Waals surface area contributed by atoms with Crippen molar-refractivity contribution >= 4 is 17.9 Å². The summed E-state index contributed by atoms with van der Waals surface area (Å²) < 4.78 is 16.7. The summed E-state index contributed by atoms with van der Waals surface area (Å²) in [4.78, 5) is 38.0. The van der Waals surface area contributed by atoms with E-state index in [0.717, 1.165) is 109 Å². The van der Waals surface area contributed by atoms with E-state index in [2.05, 4.69) is 106 Å². The molecule has 0 heterocycles. The lowest BCUT2D eigenvalue weighted by Crippen LogP contribution is -2.30. The Morgan fingerprint density at radius 1 is 0.317 bits per heavy atom. The Hall–Kier alpha value is -3.41. The van der Waals surface area contributed by atoms with Gasteiger partial charge in [-0.15, -0.1) is 0 Å². The van der Waals surface area contributed by atoms with Crippen LogP contribution in [0.25, 0.3) is 0 Å². The van der Waals surface area contributed by atoms with Crippen molar-refractivity contribution in [2.45, 2.75) is 245 Å². The van der Waals surface area contributed by atoms with Gasteiger partial charge in [-0.25, -0.2) is 0 Å². The van der Waals surface area contributed by atoms with E-state index in [-0.39, 0.29) is 31.1 Å². The van der Waals surface area contributed by atoms with Crippen LogP contribution in [0.15, 0.2) is 85.1 Å². The molecule has 0 aliphatic rings. The second-order valence-corrected chi connectivity index (χ2v) is 17.1. The second-order valence-electron chi connectivity index (χ2n) is 17.1. The molecule has 0 saturated carbocycles. The molecule has 0 amide bonds. The molecule has 0 fully saturated rings. The molecule has 6 heteroatoms. The first-order valence-electron chi connectivity index (χ1n) is 26.1. The summed E-state index contributed by atoms with van der Waals surface area (Å²) in [6.45, 7) is 6.50. The van der Waals surface area contributed by atoms with E-state index in [9.17, 15) is 14.4 Å². The van der Waals surface area contributed by atoms with E-state index < -0.39 is 6.10 Å². The second kappa shape index (κ2) is 51.2.